The van der Waals surface area contributed by atoms with Gasteiger partial charge in [-0.05, 0) is 52.1 Å². The molecule has 2 saturated heterocycles. The molecule has 2 fully saturated rings. The van der Waals surface area contributed by atoms with Crippen molar-refractivity contribution in [3.8, 4) is 0 Å². The Kier molecular flexibility index (Phi) is 5.77. The van der Waals surface area contributed by atoms with E-state index in [1.807, 2.05) is 4.90 Å². The zero-order valence-corrected chi connectivity index (χ0v) is 16.1. The van der Waals surface area contributed by atoms with E-state index in [0.29, 0.717) is 36.1 Å². The number of likely N-dealkylation sites (tertiary alicyclic amines) is 2. The topological polar surface area (TPSA) is 62.5 Å². The van der Waals surface area contributed by atoms with Gasteiger partial charge in [0.05, 0.1) is 0 Å². The average molecular weight is 348 g/mol. The minimum atomic E-state index is 0.314. The number of hydrogen-bond donors (Lipinski definition) is 0. The fourth-order valence-corrected chi connectivity index (χ4v) is 3.97. The van der Waals surface area contributed by atoms with E-state index in [1.54, 1.807) is 0 Å². The summed E-state index contributed by atoms with van der Waals surface area (Å²) in [7, 11) is 0. The zero-order chi connectivity index (χ0) is 18.0. The van der Waals surface area contributed by atoms with Crippen LogP contribution in [-0.4, -0.2) is 58.1 Å². The van der Waals surface area contributed by atoms with Crippen molar-refractivity contribution in [3.05, 3.63) is 11.7 Å². The first-order chi connectivity index (χ1) is 11.9. The molecule has 0 saturated carbocycles. The third kappa shape index (κ3) is 4.40. The van der Waals surface area contributed by atoms with E-state index in [4.69, 9.17) is 4.52 Å². The maximum atomic E-state index is 12.0. The lowest BCUT2D eigenvalue weighted by Gasteiger charge is -2.39. The van der Waals surface area contributed by atoms with Crippen molar-refractivity contribution >= 4 is 5.91 Å². The van der Waals surface area contributed by atoms with Gasteiger partial charge in [-0.25, -0.2) is 0 Å². The molecule has 6 heteroatoms. The summed E-state index contributed by atoms with van der Waals surface area (Å²) in [5.74, 6) is 3.28. The highest BCUT2D eigenvalue weighted by Crippen LogP contribution is 2.29. The van der Waals surface area contributed by atoms with Gasteiger partial charge in [-0.3, -0.25) is 4.79 Å². The van der Waals surface area contributed by atoms with Crippen molar-refractivity contribution in [3.63, 3.8) is 0 Å². The summed E-state index contributed by atoms with van der Waals surface area (Å²) in [4.78, 5) is 21.2. The highest BCUT2D eigenvalue weighted by Gasteiger charge is 2.31. The van der Waals surface area contributed by atoms with Gasteiger partial charge in [-0.15, -0.1) is 0 Å². The fraction of sp³-hybridized carbons (Fsp3) is 0.842. The van der Waals surface area contributed by atoms with Crippen LogP contribution in [0.3, 0.4) is 0 Å². The second-order valence-electron chi connectivity index (χ2n) is 8.26. The SMILES string of the molecule is CC(C)c1noc(C2CCN(CC3CCC(=O)N(C(C)C)C3)CC2)n1. The Bertz CT molecular complexity index is 576. The van der Waals surface area contributed by atoms with Gasteiger partial charge in [0.1, 0.15) is 0 Å². The zero-order valence-electron chi connectivity index (χ0n) is 16.1. The van der Waals surface area contributed by atoms with Crippen molar-refractivity contribution in [1.29, 1.82) is 0 Å². The molecule has 3 heterocycles. The number of nitrogens with zero attached hydrogens (tertiary/aromatic N) is 4. The summed E-state index contributed by atoms with van der Waals surface area (Å²) in [6.45, 7) is 12.6. The molecule has 0 aliphatic carbocycles. The molecule has 1 aromatic rings. The fourth-order valence-electron chi connectivity index (χ4n) is 3.97. The molecule has 1 atom stereocenters. The lowest BCUT2D eigenvalue weighted by molar-refractivity contribution is -0.137. The molecule has 0 radical (unpaired) electrons. The Morgan fingerprint density at radius 2 is 1.88 bits per heavy atom. The second-order valence-corrected chi connectivity index (χ2v) is 8.26. The number of aromatic nitrogens is 2. The van der Waals surface area contributed by atoms with E-state index in [0.717, 1.165) is 57.2 Å². The summed E-state index contributed by atoms with van der Waals surface area (Å²) >= 11 is 0. The quantitative estimate of drug-likeness (QED) is 0.818. The summed E-state index contributed by atoms with van der Waals surface area (Å²) < 4.78 is 5.48. The van der Waals surface area contributed by atoms with Crippen LogP contribution in [0.15, 0.2) is 4.52 Å². The molecule has 6 nitrogen and oxygen atoms in total. The molecule has 0 bridgehead atoms. The largest absolute Gasteiger partial charge is 0.340 e. The predicted octanol–water partition coefficient (Wildman–Crippen LogP) is 3.02. The molecule has 0 N–H and O–H groups in total. The molecule has 1 aromatic heterocycles. The molecule has 0 aromatic carbocycles. The highest BCUT2D eigenvalue weighted by molar-refractivity contribution is 5.77. The summed E-state index contributed by atoms with van der Waals surface area (Å²) in [5.41, 5.74) is 0. The third-order valence-electron chi connectivity index (χ3n) is 5.59. The Hall–Kier alpha value is -1.43. The lowest BCUT2D eigenvalue weighted by Crippen LogP contribution is -2.47. The summed E-state index contributed by atoms with van der Waals surface area (Å²) in [6.07, 6.45) is 3.90. The van der Waals surface area contributed by atoms with Crippen LogP contribution in [0.1, 0.15) is 76.9 Å². The van der Waals surface area contributed by atoms with Crippen LogP contribution in [0.5, 0.6) is 0 Å². The standard InChI is InChI=1S/C19H32N4O2/c1-13(2)18-20-19(25-21-18)16-7-9-22(10-8-16)11-15-5-6-17(24)23(12-15)14(3)4/h13-16H,5-12H2,1-4H3. The Labute approximate surface area is 150 Å². The molecule has 2 aliphatic heterocycles. The minimum Gasteiger partial charge on any atom is -0.340 e. The van der Waals surface area contributed by atoms with Crippen LogP contribution in [0.25, 0.3) is 0 Å². The normalized spacial score (nSPS) is 23.8. The number of carbonyl (C=O) groups is 1. The summed E-state index contributed by atoms with van der Waals surface area (Å²) in [5, 5.41) is 4.10. The van der Waals surface area contributed by atoms with E-state index >= 15 is 0 Å². The number of amides is 1. The molecule has 140 valence electrons. The van der Waals surface area contributed by atoms with Crippen molar-refractivity contribution in [2.24, 2.45) is 5.92 Å². The average Bonchev–Trinajstić information content (AvgIpc) is 3.07. The second kappa shape index (κ2) is 7.85. The van der Waals surface area contributed by atoms with Gasteiger partial charge < -0.3 is 14.3 Å². The van der Waals surface area contributed by atoms with Gasteiger partial charge in [0, 0.05) is 37.4 Å². The number of hydrogen-bond acceptors (Lipinski definition) is 5. The van der Waals surface area contributed by atoms with Crippen molar-refractivity contribution in [1.82, 2.24) is 19.9 Å². The molecule has 1 amide bonds. The first-order valence-corrected chi connectivity index (χ1v) is 9.79. The van der Waals surface area contributed by atoms with E-state index in [9.17, 15) is 4.79 Å². The van der Waals surface area contributed by atoms with Crippen LogP contribution in [0.2, 0.25) is 0 Å². The van der Waals surface area contributed by atoms with E-state index in [2.05, 4.69) is 42.7 Å². The van der Waals surface area contributed by atoms with Gasteiger partial charge in [0.2, 0.25) is 11.8 Å². The molecular formula is C19H32N4O2. The lowest BCUT2D eigenvalue weighted by atomic mass is 9.92. The van der Waals surface area contributed by atoms with Gasteiger partial charge >= 0.3 is 0 Å². The van der Waals surface area contributed by atoms with Gasteiger partial charge in [0.15, 0.2) is 5.82 Å². The van der Waals surface area contributed by atoms with Crippen LogP contribution in [0.4, 0.5) is 0 Å². The molecule has 2 aliphatic rings. The van der Waals surface area contributed by atoms with Crippen LogP contribution in [0, 0.1) is 5.92 Å². The van der Waals surface area contributed by atoms with Crippen LogP contribution < -0.4 is 0 Å². The maximum Gasteiger partial charge on any atom is 0.229 e. The first-order valence-electron chi connectivity index (χ1n) is 9.79. The smallest absolute Gasteiger partial charge is 0.229 e. The van der Waals surface area contributed by atoms with Crippen LogP contribution >= 0.6 is 0 Å². The Morgan fingerprint density at radius 3 is 2.48 bits per heavy atom. The summed E-state index contributed by atoms with van der Waals surface area (Å²) in [6, 6.07) is 0.314. The minimum absolute atomic E-state index is 0.314. The highest BCUT2D eigenvalue weighted by atomic mass is 16.5. The maximum absolute atomic E-state index is 12.0. The molecular weight excluding hydrogens is 316 g/mol. The molecule has 3 rings (SSSR count). The van der Waals surface area contributed by atoms with E-state index < -0.39 is 0 Å². The number of carbonyl (C=O) groups excluding carboxylic acids is 1. The monoisotopic (exact) mass is 348 g/mol. The third-order valence-corrected chi connectivity index (χ3v) is 5.59. The molecule has 1 unspecified atom stereocenters. The van der Waals surface area contributed by atoms with E-state index in [-0.39, 0.29) is 0 Å². The predicted molar refractivity (Wildman–Crippen MR) is 96.4 cm³/mol. The Morgan fingerprint density at radius 1 is 1.16 bits per heavy atom. The number of piperidine rings is 2. The van der Waals surface area contributed by atoms with Crippen LogP contribution in [-0.2, 0) is 4.79 Å². The molecule has 0 spiro atoms. The van der Waals surface area contributed by atoms with Crippen molar-refractivity contribution < 1.29 is 9.32 Å². The molecule has 25 heavy (non-hydrogen) atoms. The first kappa shape index (κ1) is 18.4. The van der Waals surface area contributed by atoms with Crippen molar-refractivity contribution in [2.45, 2.75) is 71.3 Å². The van der Waals surface area contributed by atoms with Gasteiger partial charge in [-0.2, -0.15) is 4.98 Å². The van der Waals surface area contributed by atoms with Gasteiger partial charge in [0.25, 0.3) is 0 Å². The Balaban J connectivity index is 1.48. The van der Waals surface area contributed by atoms with E-state index in [1.165, 1.54) is 0 Å². The number of rotatable bonds is 5. The van der Waals surface area contributed by atoms with Crippen molar-refractivity contribution in [2.75, 3.05) is 26.2 Å². The van der Waals surface area contributed by atoms with Gasteiger partial charge in [-0.1, -0.05) is 19.0 Å².